The van der Waals surface area contributed by atoms with Crippen LogP contribution < -0.4 is 10.6 Å². The van der Waals surface area contributed by atoms with Gasteiger partial charge in [0.05, 0.1) is 5.56 Å². The molecule has 0 spiro atoms. The number of likely N-dealkylation sites (tertiary alicyclic amines) is 1. The predicted molar refractivity (Wildman–Crippen MR) is 101 cm³/mol. The molecule has 0 unspecified atom stereocenters. The lowest BCUT2D eigenvalue weighted by Crippen LogP contribution is -2.27. The predicted octanol–water partition coefficient (Wildman–Crippen LogP) is 4.82. The fourth-order valence-corrected chi connectivity index (χ4v) is 3.16. The highest BCUT2D eigenvalue weighted by Crippen LogP contribution is 2.35. The molecule has 0 saturated carbocycles. The second-order valence-corrected chi connectivity index (χ2v) is 7.07. The van der Waals surface area contributed by atoms with Gasteiger partial charge in [-0.05, 0) is 31.0 Å². The highest BCUT2D eigenvalue weighted by molar-refractivity contribution is 5.78. The topological polar surface area (TPSA) is 70.2 Å². The summed E-state index contributed by atoms with van der Waals surface area (Å²) in [6.07, 6.45) is -7.58. The minimum absolute atomic E-state index is 0.0113. The normalized spacial score (nSPS) is 14.7. The third kappa shape index (κ3) is 5.98. The Balaban J connectivity index is 1.75. The Morgan fingerprint density at radius 2 is 1.81 bits per heavy atom. The molecule has 6 nitrogen and oxygen atoms in total. The Bertz CT molecular complexity index is 978. The number of nitrogens with one attached hydrogen (secondary N) is 2. The first-order valence-corrected chi connectivity index (χ1v) is 9.54. The van der Waals surface area contributed by atoms with Crippen molar-refractivity contribution in [3.05, 3.63) is 41.3 Å². The molecule has 2 heterocycles. The molecule has 1 saturated heterocycles. The maximum Gasteiger partial charge on any atom is 0.421 e. The van der Waals surface area contributed by atoms with Crippen LogP contribution in [0.2, 0.25) is 0 Å². The highest BCUT2D eigenvalue weighted by Gasteiger charge is 2.35. The third-order valence-electron chi connectivity index (χ3n) is 4.64. The molecule has 1 aromatic carbocycles. The molecule has 1 amide bonds. The van der Waals surface area contributed by atoms with Crippen LogP contribution in [-0.2, 0) is 17.1 Å². The molecule has 0 atom stereocenters. The Labute approximate surface area is 177 Å². The zero-order valence-corrected chi connectivity index (χ0v) is 16.4. The number of hydrogen-bond acceptors (Lipinski definition) is 5. The van der Waals surface area contributed by atoms with Crippen molar-refractivity contribution >= 4 is 23.4 Å². The van der Waals surface area contributed by atoms with E-state index >= 15 is 0 Å². The number of rotatable bonds is 7. The van der Waals surface area contributed by atoms with Gasteiger partial charge >= 0.3 is 12.4 Å². The van der Waals surface area contributed by atoms with E-state index in [1.54, 1.807) is 4.90 Å². The smallest absolute Gasteiger partial charge is 0.369 e. The number of benzene rings is 1. The second-order valence-electron chi connectivity index (χ2n) is 7.07. The van der Waals surface area contributed by atoms with E-state index in [4.69, 9.17) is 0 Å². The van der Waals surface area contributed by atoms with Crippen LogP contribution in [-0.4, -0.2) is 40.4 Å². The molecule has 1 aliphatic heterocycles. The summed E-state index contributed by atoms with van der Waals surface area (Å²) in [5, 5.41) is 4.82. The van der Waals surface area contributed by atoms with Crippen molar-refractivity contribution < 1.29 is 35.5 Å². The van der Waals surface area contributed by atoms with Gasteiger partial charge in [0.1, 0.15) is 17.2 Å². The van der Waals surface area contributed by atoms with E-state index in [-0.39, 0.29) is 24.2 Å². The molecule has 13 heteroatoms. The number of anilines is 3. The number of carbonyl (C=O) groups excluding carboxylic acids is 1. The molecule has 1 fully saturated rings. The lowest BCUT2D eigenvalue weighted by molar-refractivity contribution is -0.138. The molecular weight excluding hydrogens is 447 g/mol. The Kier molecular flexibility index (Phi) is 6.74. The zero-order valence-electron chi connectivity index (χ0n) is 16.4. The lowest BCUT2D eigenvalue weighted by Gasteiger charge is -2.17. The van der Waals surface area contributed by atoms with Crippen LogP contribution in [0.5, 0.6) is 0 Å². The van der Waals surface area contributed by atoms with E-state index in [1.165, 1.54) is 0 Å². The number of alkyl halides is 6. The average Bonchev–Trinajstić information content (AvgIpc) is 3.08. The first-order valence-electron chi connectivity index (χ1n) is 9.54. The summed E-state index contributed by atoms with van der Waals surface area (Å²) in [4.78, 5) is 20.4. The van der Waals surface area contributed by atoms with E-state index in [9.17, 15) is 35.5 Å². The van der Waals surface area contributed by atoms with Crippen molar-refractivity contribution in [3.63, 3.8) is 0 Å². The van der Waals surface area contributed by atoms with Crippen molar-refractivity contribution in [2.45, 2.75) is 31.6 Å². The number of carbonyl (C=O) groups is 1. The van der Waals surface area contributed by atoms with E-state index in [0.717, 1.165) is 12.5 Å². The molecule has 1 aliphatic rings. The van der Waals surface area contributed by atoms with E-state index in [1.807, 2.05) is 0 Å². The number of halogens is 7. The minimum Gasteiger partial charge on any atom is -0.369 e. The molecule has 0 bridgehead atoms. The van der Waals surface area contributed by atoms with Crippen LogP contribution in [0.3, 0.4) is 0 Å². The molecular formula is C19H18F7N5O. The van der Waals surface area contributed by atoms with Gasteiger partial charge in [-0.2, -0.15) is 31.3 Å². The van der Waals surface area contributed by atoms with Crippen molar-refractivity contribution in [3.8, 4) is 0 Å². The second kappa shape index (κ2) is 9.17. The summed E-state index contributed by atoms with van der Waals surface area (Å²) in [5.74, 6) is -2.24. The fourth-order valence-electron chi connectivity index (χ4n) is 3.16. The molecule has 1 aromatic heterocycles. The van der Waals surface area contributed by atoms with Crippen LogP contribution in [0.25, 0.3) is 0 Å². The van der Waals surface area contributed by atoms with Gasteiger partial charge in [-0.1, -0.05) is 0 Å². The van der Waals surface area contributed by atoms with Crippen molar-refractivity contribution in [2.24, 2.45) is 0 Å². The molecule has 2 N–H and O–H groups in total. The number of amides is 1. The van der Waals surface area contributed by atoms with Gasteiger partial charge in [-0.25, -0.2) is 9.37 Å². The van der Waals surface area contributed by atoms with Crippen molar-refractivity contribution in [1.82, 2.24) is 14.9 Å². The largest absolute Gasteiger partial charge is 0.421 e. The van der Waals surface area contributed by atoms with Gasteiger partial charge in [0.25, 0.3) is 0 Å². The first-order chi connectivity index (χ1) is 14.9. The lowest BCUT2D eigenvalue weighted by atomic mass is 10.2. The highest BCUT2D eigenvalue weighted by atomic mass is 19.4. The van der Waals surface area contributed by atoms with E-state index in [0.29, 0.717) is 38.2 Å². The summed E-state index contributed by atoms with van der Waals surface area (Å²) in [5.41, 5.74) is -2.83. The zero-order chi connectivity index (χ0) is 23.5. The van der Waals surface area contributed by atoms with Crippen LogP contribution in [0.15, 0.2) is 24.4 Å². The van der Waals surface area contributed by atoms with Gasteiger partial charge < -0.3 is 15.5 Å². The minimum atomic E-state index is -4.82. The monoisotopic (exact) mass is 465 g/mol. The number of hydrogen-bond donors (Lipinski definition) is 2. The van der Waals surface area contributed by atoms with Crippen LogP contribution in [0.1, 0.15) is 30.4 Å². The summed E-state index contributed by atoms with van der Waals surface area (Å²) >= 11 is 0. The standard InChI is InChI=1S/C19H18F7N5O/c20-12-7-11(18(21,22)23)8-13(9-12)29-17-28-10-14(19(24,25)26)16(30-17)27-4-2-6-31-5-1-3-15(31)32/h7-10H,1-6H2,(H2,27,28,29,30). The summed E-state index contributed by atoms with van der Waals surface area (Å²) in [6.45, 7) is 1.02. The maximum atomic E-state index is 13.6. The van der Waals surface area contributed by atoms with Gasteiger partial charge in [0.15, 0.2) is 0 Å². The van der Waals surface area contributed by atoms with Crippen molar-refractivity contribution in [1.29, 1.82) is 0 Å². The van der Waals surface area contributed by atoms with Crippen LogP contribution >= 0.6 is 0 Å². The molecule has 3 rings (SSSR count). The van der Waals surface area contributed by atoms with Crippen LogP contribution in [0.4, 0.5) is 48.2 Å². The Morgan fingerprint density at radius 3 is 2.44 bits per heavy atom. The SMILES string of the molecule is O=C1CCCN1CCCNc1nc(Nc2cc(F)cc(C(F)(F)F)c2)ncc1C(F)(F)F. The molecule has 32 heavy (non-hydrogen) atoms. The molecule has 0 radical (unpaired) electrons. The van der Waals surface area contributed by atoms with E-state index < -0.39 is 41.1 Å². The number of nitrogens with zero attached hydrogens (tertiary/aromatic N) is 3. The van der Waals surface area contributed by atoms with Crippen LogP contribution in [0, 0.1) is 5.82 Å². The summed E-state index contributed by atoms with van der Waals surface area (Å²) in [6, 6.07) is 1.61. The molecule has 0 aliphatic carbocycles. The third-order valence-corrected chi connectivity index (χ3v) is 4.64. The summed E-state index contributed by atoms with van der Waals surface area (Å²) in [7, 11) is 0. The van der Waals surface area contributed by atoms with Crippen molar-refractivity contribution in [2.75, 3.05) is 30.3 Å². The average molecular weight is 465 g/mol. The van der Waals surface area contributed by atoms with Gasteiger partial charge in [0.2, 0.25) is 11.9 Å². The molecule has 174 valence electrons. The Hall–Kier alpha value is -3.12. The maximum absolute atomic E-state index is 13.6. The van der Waals surface area contributed by atoms with Gasteiger partial charge in [-0.3, -0.25) is 4.79 Å². The van der Waals surface area contributed by atoms with Gasteiger partial charge in [-0.15, -0.1) is 0 Å². The quantitative estimate of drug-likeness (QED) is 0.453. The first kappa shape index (κ1) is 23.5. The van der Waals surface area contributed by atoms with E-state index in [2.05, 4.69) is 20.6 Å². The van der Waals surface area contributed by atoms with Gasteiger partial charge in [0, 0.05) is 37.9 Å². The Morgan fingerprint density at radius 1 is 1.06 bits per heavy atom. The summed E-state index contributed by atoms with van der Waals surface area (Å²) < 4.78 is 92.0. The number of aromatic nitrogens is 2. The fraction of sp³-hybridized carbons (Fsp3) is 0.421. The molecule has 2 aromatic rings.